The molecule has 38 heavy (non-hydrogen) atoms. The number of fused-ring (bicyclic) bond motifs is 3. The van der Waals surface area contributed by atoms with Crippen LogP contribution >= 0.6 is 0 Å². The van der Waals surface area contributed by atoms with Crippen LogP contribution in [0.4, 0.5) is 0 Å². The van der Waals surface area contributed by atoms with Crippen molar-refractivity contribution < 1.29 is 30.0 Å². The average molecular weight is 525 g/mol. The van der Waals surface area contributed by atoms with Crippen molar-refractivity contribution in [3.8, 4) is 5.75 Å². The molecule has 206 valence electrons. The Labute approximate surface area is 224 Å². The fraction of sp³-hybridized carbons (Fsp3) is 0.600. The molecule has 2 fully saturated rings. The van der Waals surface area contributed by atoms with Gasteiger partial charge in [0.05, 0.1) is 11.6 Å². The molecule has 0 amide bonds. The summed E-state index contributed by atoms with van der Waals surface area (Å²) in [5.74, 6) is -3.47. The smallest absolute Gasteiger partial charge is 0.202 e. The van der Waals surface area contributed by atoms with Gasteiger partial charge in [0.2, 0.25) is 5.78 Å². The number of aliphatic hydroxyl groups excluding tert-OH is 2. The summed E-state index contributed by atoms with van der Waals surface area (Å²) < 4.78 is 0. The summed E-state index contributed by atoms with van der Waals surface area (Å²) in [7, 11) is 3.45. The number of nitrogens with zero attached hydrogens (tertiary/aromatic N) is 2. The maximum atomic E-state index is 13.9. The molecule has 4 aliphatic rings. The molecule has 1 aliphatic heterocycles. The van der Waals surface area contributed by atoms with E-state index in [1.165, 1.54) is 26.2 Å². The Balaban J connectivity index is 1.57. The highest BCUT2D eigenvalue weighted by Crippen LogP contribution is 2.53. The van der Waals surface area contributed by atoms with Crippen molar-refractivity contribution in [3.63, 3.8) is 0 Å². The fourth-order valence-electron chi connectivity index (χ4n) is 7.34. The second-order valence-corrected chi connectivity index (χ2v) is 11.9. The van der Waals surface area contributed by atoms with Gasteiger partial charge in [-0.3, -0.25) is 19.4 Å². The molecule has 1 saturated heterocycles. The number of carbonyl (C=O) groups excluding carboxylic acids is 2. The van der Waals surface area contributed by atoms with E-state index >= 15 is 0 Å². The number of phenols is 1. The van der Waals surface area contributed by atoms with Gasteiger partial charge in [0.15, 0.2) is 11.4 Å². The molecule has 5 rings (SSSR count). The van der Waals surface area contributed by atoms with E-state index in [0.717, 1.165) is 42.6 Å². The predicted molar refractivity (Wildman–Crippen MR) is 144 cm³/mol. The molecule has 1 saturated carbocycles. The van der Waals surface area contributed by atoms with E-state index in [4.69, 9.17) is 0 Å². The monoisotopic (exact) mass is 524 g/mol. The number of carbonyl (C=O) groups is 2. The lowest BCUT2D eigenvalue weighted by Crippen LogP contribution is -2.64. The summed E-state index contributed by atoms with van der Waals surface area (Å²) in [5, 5.41) is 45.0. The minimum Gasteiger partial charge on any atom is -0.508 e. The third-order valence-electron chi connectivity index (χ3n) is 9.45. The van der Waals surface area contributed by atoms with Crippen LogP contribution in [0.15, 0.2) is 23.0 Å². The lowest BCUT2D eigenvalue weighted by Gasteiger charge is -2.50. The zero-order chi connectivity index (χ0) is 27.5. The van der Waals surface area contributed by atoms with Crippen LogP contribution in [0, 0.1) is 18.8 Å². The van der Waals surface area contributed by atoms with Gasteiger partial charge in [-0.2, -0.15) is 0 Å². The molecule has 3 aliphatic carbocycles. The number of likely N-dealkylation sites (tertiary alicyclic amines) is 1. The van der Waals surface area contributed by atoms with E-state index in [9.17, 15) is 30.0 Å². The van der Waals surface area contributed by atoms with Crippen LogP contribution < -0.4 is 0 Å². The molecule has 1 unspecified atom stereocenters. The number of ketones is 2. The minimum absolute atomic E-state index is 0.0219. The van der Waals surface area contributed by atoms with E-state index < -0.39 is 35.0 Å². The first-order valence-electron chi connectivity index (χ1n) is 13.9. The molecule has 8 heteroatoms. The predicted octanol–water partition coefficient (Wildman–Crippen LogP) is 3.57. The van der Waals surface area contributed by atoms with Gasteiger partial charge < -0.3 is 20.4 Å². The first-order chi connectivity index (χ1) is 18.0. The van der Waals surface area contributed by atoms with E-state index in [2.05, 4.69) is 4.90 Å². The lowest BCUT2D eigenvalue weighted by molar-refractivity contribution is -0.153. The number of benzene rings is 1. The number of aromatic hydroxyl groups is 1. The minimum atomic E-state index is -2.31. The Morgan fingerprint density at radius 1 is 1.03 bits per heavy atom. The summed E-state index contributed by atoms with van der Waals surface area (Å²) in [6.07, 6.45) is 6.70. The van der Waals surface area contributed by atoms with Gasteiger partial charge in [0.25, 0.3) is 0 Å². The Morgan fingerprint density at radius 2 is 1.66 bits per heavy atom. The largest absolute Gasteiger partial charge is 0.508 e. The summed E-state index contributed by atoms with van der Waals surface area (Å²) in [5.41, 5.74) is 0.702. The van der Waals surface area contributed by atoms with E-state index in [0.29, 0.717) is 13.0 Å². The number of phenolic OH excluding ortho intramolecular Hbond substituents is 1. The summed E-state index contributed by atoms with van der Waals surface area (Å²) in [4.78, 5) is 31.1. The summed E-state index contributed by atoms with van der Waals surface area (Å²) in [6.45, 7) is 6.16. The zero-order valence-electron chi connectivity index (χ0n) is 22.9. The molecule has 1 heterocycles. The van der Waals surface area contributed by atoms with Gasteiger partial charge in [-0.25, -0.2) is 0 Å². The van der Waals surface area contributed by atoms with Crippen molar-refractivity contribution in [2.75, 3.05) is 27.2 Å². The Morgan fingerprint density at radius 3 is 2.29 bits per heavy atom. The van der Waals surface area contributed by atoms with Gasteiger partial charge in [0, 0.05) is 23.6 Å². The SMILES string of the molecule is CC1=C(O)[C@@]2(O)C(=O)C3=C(O)c4c(O)cc(CN5CCCCCCC5)c(C)c4CC3C[C@H]2[C@H](N(C)C)C1=O. The molecular formula is C30H40N2O6. The Bertz CT molecular complexity index is 1240. The standard InChI is InChI=1S/C30H40N2O6/c1-16-19(15-32-10-8-6-5-7-9-11-32)14-22(33)24-20(16)12-18-13-21-25(31(3)4)26(34)17(2)28(36)30(21,38)29(37)23(18)27(24)35/h14,18,21,25,33,35-36,38H,5-13,15H2,1-4H3/t18?,21-,25-,30+/m0/s1. The van der Waals surface area contributed by atoms with E-state index in [1.807, 2.05) is 6.92 Å². The van der Waals surface area contributed by atoms with Crippen LogP contribution in [0.2, 0.25) is 0 Å². The third kappa shape index (κ3) is 4.00. The van der Waals surface area contributed by atoms with Gasteiger partial charge in [-0.05, 0) is 95.4 Å². The molecule has 0 radical (unpaired) electrons. The van der Waals surface area contributed by atoms with Gasteiger partial charge in [0.1, 0.15) is 17.3 Å². The number of hydrogen-bond donors (Lipinski definition) is 4. The van der Waals surface area contributed by atoms with Crippen LogP contribution in [0.1, 0.15) is 67.7 Å². The number of rotatable bonds is 3. The molecule has 4 atom stereocenters. The first kappa shape index (κ1) is 26.9. The molecule has 4 N–H and O–H groups in total. The Hall–Kier alpha value is -2.68. The van der Waals surface area contributed by atoms with Gasteiger partial charge in [-0.1, -0.05) is 19.3 Å². The lowest BCUT2D eigenvalue weighted by atomic mass is 9.57. The van der Waals surface area contributed by atoms with Crippen molar-refractivity contribution >= 4 is 17.3 Å². The molecule has 8 nitrogen and oxygen atoms in total. The van der Waals surface area contributed by atoms with E-state index in [-0.39, 0.29) is 40.4 Å². The maximum absolute atomic E-state index is 13.9. The fourth-order valence-corrected chi connectivity index (χ4v) is 7.34. The highest BCUT2D eigenvalue weighted by molar-refractivity contribution is 6.14. The van der Waals surface area contributed by atoms with Gasteiger partial charge in [-0.15, -0.1) is 0 Å². The molecule has 0 bridgehead atoms. The van der Waals surface area contributed by atoms with Crippen LogP contribution in [0.5, 0.6) is 5.75 Å². The quantitative estimate of drug-likeness (QED) is 0.474. The number of aliphatic hydroxyl groups is 3. The maximum Gasteiger partial charge on any atom is 0.202 e. The number of likely N-dealkylation sites (N-methyl/N-ethyl adjacent to an activating group) is 1. The molecule has 1 aromatic rings. The van der Waals surface area contributed by atoms with Crippen LogP contribution in [-0.2, 0) is 22.6 Å². The molecule has 1 aromatic carbocycles. The van der Waals surface area contributed by atoms with Crippen molar-refractivity contribution in [1.29, 1.82) is 0 Å². The van der Waals surface area contributed by atoms with Crippen LogP contribution in [0.25, 0.3) is 5.76 Å². The normalized spacial score (nSPS) is 30.6. The van der Waals surface area contributed by atoms with Gasteiger partial charge >= 0.3 is 0 Å². The third-order valence-corrected chi connectivity index (χ3v) is 9.45. The first-order valence-corrected chi connectivity index (χ1v) is 13.9. The van der Waals surface area contributed by atoms with Crippen molar-refractivity contribution in [2.45, 2.75) is 77.0 Å². The van der Waals surface area contributed by atoms with Crippen molar-refractivity contribution in [1.82, 2.24) is 9.80 Å². The highest BCUT2D eigenvalue weighted by Gasteiger charge is 2.62. The highest BCUT2D eigenvalue weighted by atomic mass is 16.3. The second-order valence-electron chi connectivity index (χ2n) is 11.9. The van der Waals surface area contributed by atoms with Crippen LogP contribution in [-0.4, -0.2) is 80.6 Å². The van der Waals surface area contributed by atoms with E-state index in [1.54, 1.807) is 25.1 Å². The average Bonchev–Trinajstić information content (AvgIpc) is 2.84. The molecular weight excluding hydrogens is 484 g/mol. The summed E-state index contributed by atoms with van der Waals surface area (Å²) >= 11 is 0. The van der Waals surface area contributed by atoms with Crippen molar-refractivity contribution in [3.05, 3.63) is 45.2 Å². The zero-order valence-corrected chi connectivity index (χ0v) is 22.9. The topological polar surface area (TPSA) is 122 Å². The number of Topliss-reactive ketones (excluding diaryl/α,β-unsaturated/α-hetero) is 2. The van der Waals surface area contributed by atoms with Crippen LogP contribution in [0.3, 0.4) is 0 Å². The summed E-state index contributed by atoms with van der Waals surface area (Å²) in [6, 6.07) is 0.912. The number of hydrogen-bond acceptors (Lipinski definition) is 8. The molecule has 0 spiro atoms. The molecule has 0 aromatic heterocycles. The van der Waals surface area contributed by atoms with Crippen molar-refractivity contribution in [2.24, 2.45) is 11.8 Å². The Kier molecular flexibility index (Phi) is 6.95. The second kappa shape index (κ2) is 9.81.